The SMILES string of the molecule is c1ccc(Oc2ccc(Oc3cccc(CNc4cc5c(cn4)[nH]c4ccccc45)c3)cc2)cc1. The second kappa shape index (κ2) is 9.23. The van der Waals surface area contributed by atoms with E-state index in [1.165, 1.54) is 5.39 Å². The molecular weight excluding hydrogens is 434 g/mol. The number of rotatable bonds is 7. The van der Waals surface area contributed by atoms with Gasteiger partial charge in [-0.25, -0.2) is 4.98 Å². The number of ether oxygens (including phenoxy) is 2. The van der Waals surface area contributed by atoms with Crippen molar-refractivity contribution in [1.82, 2.24) is 9.97 Å². The minimum absolute atomic E-state index is 0.641. The molecule has 2 aromatic heterocycles. The van der Waals surface area contributed by atoms with Gasteiger partial charge in [0.25, 0.3) is 0 Å². The maximum absolute atomic E-state index is 6.07. The van der Waals surface area contributed by atoms with Crippen LogP contribution in [0.2, 0.25) is 0 Å². The number of nitrogens with one attached hydrogen (secondary N) is 2. The number of anilines is 1. The lowest BCUT2D eigenvalue weighted by Gasteiger charge is -2.10. The van der Waals surface area contributed by atoms with Gasteiger partial charge in [0.1, 0.15) is 28.8 Å². The Hall–Kier alpha value is -4.77. The molecule has 0 unspecified atom stereocenters. The summed E-state index contributed by atoms with van der Waals surface area (Å²) in [4.78, 5) is 7.97. The van der Waals surface area contributed by atoms with Crippen LogP contribution in [0.3, 0.4) is 0 Å². The zero-order valence-corrected chi connectivity index (χ0v) is 18.9. The van der Waals surface area contributed by atoms with Gasteiger partial charge in [-0.1, -0.05) is 48.5 Å². The van der Waals surface area contributed by atoms with Crippen LogP contribution in [0, 0.1) is 0 Å². The largest absolute Gasteiger partial charge is 0.457 e. The third kappa shape index (κ3) is 4.66. The van der Waals surface area contributed by atoms with Crippen LogP contribution in [0.5, 0.6) is 23.0 Å². The zero-order valence-electron chi connectivity index (χ0n) is 18.9. The van der Waals surface area contributed by atoms with Crippen LogP contribution < -0.4 is 14.8 Å². The summed E-state index contributed by atoms with van der Waals surface area (Å²) >= 11 is 0. The number of nitrogens with zero attached hydrogens (tertiary/aromatic N) is 1. The number of aromatic amines is 1. The van der Waals surface area contributed by atoms with Crippen molar-refractivity contribution < 1.29 is 9.47 Å². The molecule has 0 fully saturated rings. The van der Waals surface area contributed by atoms with Gasteiger partial charge in [-0.2, -0.15) is 0 Å². The topological polar surface area (TPSA) is 59.2 Å². The van der Waals surface area contributed by atoms with Crippen molar-refractivity contribution in [2.45, 2.75) is 6.54 Å². The highest BCUT2D eigenvalue weighted by Crippen LogP contribution is 2.28. The molecule has 0 aliphatic rings. The van der Waals surface area contributed by atoms with E-state index in [0.29, 0.717) is 6.54 Å². The fourth-order valence-electron chi connectivity index (χ4n) is 4.09. The lowest BCUT2D eigenvalue weighted by Crippen LogP contribution is -2.01. The smallest absolute Gasteiger partial charge is 0.127 e. The Balaban J connectivity index is 1.12. The van der Waals surface area contributed by atoms with E-state index in [9.17, 15) is 0 Å². The van der Waals surface area contributed by atoms with E-state index in [4.69, 9.17) is 9.47 Å². The van der Waals surface area contributed by atoms with Gasteiger partial charge in [-0.05, 0) is 66.2 Å². The van der Waals surface area contributed by atoms with Crippen molar-refractivity contribution in [3.05, 3.63) is 121 Å². The molecule has 2 heterocycles. The van der Waals surface area contributed by atoms with Gasteiger partial charge < -0.3 is 19.8 Å². The molecule has 35 heavy (non-hydrogen) atoms. The van der Waals surface area contributed by atoms with Crippen LogP contribution in [0.1, 0.15) is 5.56 Å². The Kier molecular flexibility index (Phi) is 5.49. The molecule has 0 saturated heterocycles. The lowest BCUT2D eigenvalue weighted by atomic mass is 10.2. The Labute approximate surface area is 203 Å². The van der Waals surface area contributed by atoms with Crippen molar-refractivity contribution in [2.24, 2.45) is 0 Å². The Morgan fingerprint density at radius 2 is 1.29 bits per heavy atom. The molecule has 170 valence electrons. The number of hydrogen-bond acceptors (Lipinski definition) is 4. The predicted molar refractivity (Wildman–Crippen MR) is 140 cm³/mol. The maximum Gasteiger partial charge on any atom is 0.127 e. The molecule has 4 aromatic carbocycles. The van der Waals surface area contributed by atoms with Crippen LogP contribution in [-0.4, -0.2) is 9.97 Å². The van der Waals surface area contributed by atoms with E-state index in [-0.39, 0.29) is 0 Å². The Morgan fingerprint density at radius 3 is 2.11 bits per heavy atom. The molecule has 0 saturated carbocycles. The summed E-state index contributed by atoms with van der Waals surface area (Å²) < 4.78 is 11.9. The second-order valence-electron chi connectivity index (χ2n) is 8.28. The van der Waals surface area contributed by atoms with Crippen LogP contribution >= 0.6 is 0 Å². The van der Waals surface area contributed by atoms with Crippen molar-refractivity contribution in [1.29, 1.82) is 0 Å². The molecule has 0 aliphatic heterocycles. The summed E-state index contributed by atoms with van der Waals surface area (Å²) in [7, 11) is 0. The zero-order chi connectivity index (χ0) is 23.5. The van der Waals surface area contributed by atoms with Gasteiger partial charge in [0.2, 0.25) is 0 Å². The van der Waals surface area contributed by atoms with Crippen LogP contribution in [0.25, 0.3) is 21.8 Å². The van der Waals surface area contributed by atoms with Crippen LogP contribution in [0.15, 0.2) is 115 Å². The van der Waals surface area contributed by atoms with E-state index >= 15 is 0 Å². The molecule has 6 rings (SSSR count). The first-order chi connectivity index (χ1) is 17.3. The van der Waals surface area contributed by atoms with E-state index in [1.807, 2.05) is 85.1 Å². The predicted octanol–water partition coefficient (Wildman–Crippen LogP) is 7.91. The molecule has 0 radical (unpaired) electrons. The molecule has 0 amide bonds. The summed E-state index contributed by atoms with van der Waals surface area (Å²) in [5.74, 6) is 3.94. The van der Waals surface area contributed by atoms with Crippen molar-refractivity contribution in [3.8, 4) is 23.0 Å². The quantitative estimate of drug-likeness (QED) is 0.256. The highest BCUT2D eigenvalue weighted by molar-refractivity contribution is 6.07. The minimum atomic E-state index is 0.641. The average Bonchev–Trinajstić information content (AvgIpc) is 3.28. The molecule has 0 spiro atoms. The van der Waals surface area contributed by atoms with E-state index < -0.39 is 0 Å². The number of benzene rings is 4. The standard InChI is InChI=1S/C30H23N3O2/c1-2-8-22(9-3-1)34-23-13-15-24(16-14-23)35-25-10-6-7-21(17-25)19-31-30-18-27-26-11-4-5-12-28(26)33-29(27)20-32-30/h1-18,20,33H,19H2,(H,31,32). The summed E-state index contributed by atoms with van der Waals surface area (Å²) in [5.41, 5.74) is 3.26. The van der Waals surface area contributed by atoms with Gasteiger partial charge in [-0.15, -0.1) is 0 Å². The third-order valence-electron chi connectivity index (χ3n) is 5.80. The van der Waals surface area contributed by atoms with Crippen LogP contribution in [0.4, 0.5) is 5.82 Å². The van der Waals surface area contributed by atoms with Gasteiger partial charge in [0.15, 0.2) is 0 Å². The van der Waals surface area contributed by atoms with Gasteiger partial charge in [0.05, 0.1) is 11.7 Å². The minimum Gasteiger partial charge on any atom is -0.457 e. The molecule has 2 N–H and O–H groups in total. The highest BCUT2D eigenvalue weighted by atomic mass is 16.5. The van der Waals surface area contributed by atoms with E-state index in [0.717, 1.165) is 50.8 Å². The number of hydrogen-bond donors (Lipinski definition) is 2. The van der Waals surface area contributed by atoms with Crippen molar-refractivity contribution in [2.75, 3.05) is 5.32 Å². The maximum atomic E-state index is 6.07. The number of H-pyrrole nitrogens is 1. The molecule has 5 nitrogen and oxygen atoms in total. The van der Waals surface area contributed by atoms with E-state index in [2.05, 4.69) is 45.6 Å². The number of para-hydroxylation sites is 2. The second-order valence-corrected chi connectivity index (χ2v) is 8.28. The number of aromatic nitrogens is 2. The van der Waals surface area contributed by atoms with Gasteiger partial charge >= 0.3 is 0 Å². The van der Waals surface area contributed by atoms with Crippen LogP contribution in [-0.2, 0) is 6.54 Å². The number of pyridine rings is 1. The molecule has 0 aliphatic carbocycles. The molecular formula is C30H23N3O2. The summed E-state index contributed by atoms with van der Waals surface area (Å²) in [6.45, 7) is 0.641. The highest BCUT2D eigenvalue weighted by Gasteiger charge is 2.06. The molecule has 0 atom stereocenters. The van der Waals surface area contributed by atoms with Gasteiger partial charge in [0, 0.05) is 22.8 Å². The third-order valence-corrected chi connectivity index (χ3v) is 5.80. The monoisotopic (exact) mass is 457 g/mol. The fourth-order valence-corrected chi connectivity index (χ4v) is 4.09. The van der Waals surface area contributed by atoms with E-state index in [1.54, 1.807) is 0 Å². The summed E-state index contributed by atoms with van der Waals surface area (Å²) in [6, 6.07) is 35.8. The molecule has 0 bridgehead atoms. The lowest BCUT2D eigenvalue weighted by molar-refractivity contribution is 0.469. The molecule has 5 heteroatoms. The number of fused-ring (bicyclic) bond motifs is 3. The fraction of sp³-hybridized carbons (Fsp3) is 0.0333. The summed E-state index contributed by atoms with van der Waals surface area (Å²) in [5, 5.41) is 5.79. The Morgan fingerprint density at radius 1 is 0.600 bits per heavy atom. The van der Waals surface area contributed by atoms with Gasteiger partial charge in [-0.3, -0.25) is 0 Å². The summed E-state index contributed by atoms with van der Waals surface area (Å²) in [6.07, 6.45) is 1.88. The first-order valence-corrected chi connectivity index (χ1v) is 11.5. The molecule has 6 aromatic rings. The first kappa shape index (κ1) is 20.8. The van der Waals surface area contributed by atoms with Crippen molar-refractivity contribution in [3.63, 3.8) is 0 Å². The Bertz CT molecular complexity index is 1590. The van der Waals surface area contributed by atoms with Crippen molar-refractivity contribution >= 4 is 27.6 Å². The average molecular weight is 458 g/mol. The first-order valence-electron chi connectivity index (χ1n) is 11.5. The normalized spacial score (nSPS) is 11.0.